The molecule has 2 aromatic carbocycles. The van der Waals surface area contributed by atoms with E-state index in [1.54, 1.807) is 54.5 Å². The van der Waals surface area contributed by atoms with E-state index in [1.807, 2.05) is 12.3 Å². The van der Waals surface area contributed by atoms with E-state index in [1.165, 1.54) is 24.9 Å². The number of fused-ring (bicyclic) bond motifs is 1. The van der Waals surface area contributed by atoms with E-state index in [-0.39, 0.29) is 17.9 Å². The van der Waals surface area contributed by atoms with Gasteiger partial charge in [0.15, 0.2) is 5.17 Å². The van der Waals surface area contributed by atoms with Crippen molar-refractivity contribution in [3.8, 4) is 5.75 Å². The lowest BCUT2D eigenvalue weighted by atomic mass is 9.92. The predicted octanol–water partition coefficient (Wildman–Crippen LogP) is 5.00. The van der Waals surface area contributed by atoms with Gasteiger partial charge in [0, 0.05) is 23.0 Å². The topological polar surface area (TPSA) is 80.2 Å². The number of amidine groups is 1. The van der Waals surface area contributed by atoms with Crippen molar-refractivity contribution >= 4 is 34.5 Å². The first-order chi connectivity index (χ1) is 16.5. The third-order valence-electron chi connectivity index (χ3n) is 5.52. The van der Waals surface area contributed by atoms with Crippen molar-refractivity contribution in [3.63, 3.8) is 0 Å². The van der Waals surface area contributed by atoms with Crippen LogP contribution < -0.4 is 10.1 Å². The average Bonchev–Trinajstić information content (AvgIpc) is 3.24. The molecule has 2 aliphatic heterocycles. The summed E-state index contributed by atoms with van der Waals surface area (Å²) in [7, 11) is 2.84. The lowest BCUT2D eigenvalue weighted by Crippen LogP contribution is -2.38. The molecule has 1 amide bonds. The Labute approximate surface area is 201 Å². The Morgan fingerprint density at radius 1 is 1.18 bits per heavy atom. The van der Waals surface area contributed by atoms with Crippen molar-refractivity contribution in [2.45, 2.75) is 25.8 Å². The summed E-state index contributed by atoms with van der Waals surface area (Å²) in [4.78, 5) is 32.1. The number of aliphatic imine (C=N–C) groups is 1. The highest BCUT2D eigenvalue weighted by Crippen LogP contribution is 2.46. The van der Waals surface area contributed by atoms with Gasteiger partial charge in [0.05, 0.1) is 38.0 Å². The number of nitrogens with zero attached hydrogens (tertiary/aromatic N) is 2. The summed E-state index contributed by atoms with van der Waals surface area (Å²) < 4.78 is 25.2. The molecule has 1 N–H and O–H groups in total. The largest absolute Gasteiger partial charge is 0.497 e. The molecule has 1 atom stereocenters. The second-order valence-corrected chi connectivity index (χ2v) is 8.41. The smallest absolute Gasteiger partial charge is 0.338 e. The Bertz CT molecular complexity index is 1220. The van der Waals surface area contributed by atoms with Crippen LogP contribution >= 0.6 is 11.8 Å². The molecule has 0 saturated carbocycles. The quantitative estimate of drug-likeness (QED) is 0.561. The summed E-state index contributed by atoms with van der Waals surface area (Å²) >= 11 is 1.34. The molecule has 0 radical (unpaired) electrons. The lowest BCUT2D eigenvalue weighted by molar-refractivity contribution is -0.136. The molecule has 0 fully saturated rings. The Hall–Kier alpha value is -3.59. The van der Waals surface area contributed by atoms with Crippen LogP contribution in [0.15, 0.2) is 75.9 Å². The van der Waals surface area contributed by atoms with Gasteiger partial charge in [-0.2, -0.15) is 0 Å². The van der Waals surface area contributed by atoms with Gasteiger partial charge >= 0.3 is 5.97 Å². The van der Waals surface area contributed by atoms with Gasteiger partial charge in [-0.15, -0.1) is 0 Å². The number of carbonyl (C=O) groups excluding carboxylic acids is 2. The van der Waals surface area contributed by atoms with E-state index in [0.29, 0.717) is 40.0 Å². The number of halogens is 1. The first-order valence-corrected chi connectivity index (χ1v) is 11.6. The molecule has 0 saturated heterocycles. The predicted molar refractivity (Wildman–Crippen MR) is 130 cm³/mol. The minimum absolute atomic E-state index is 0.00406. The van der Waals surface area contributed by atoms with Gasteiger partial charge in [0.2, 0.25) is 5.91 Å². The Balaban J connectivity index is 1.68. The van der Waals surface area contributed by atoms with E-state index in [2.05, 4.69) is 10.3 Å². The molecule has 2 aliphatic rings. The van der Waals surface area contributed by atoms with Crippen molar-refractivity contribution in [3.05, 3.63) is 82.3 Å². The van der Waals surface area contributed by atoms with Gasteiger partial charge in [-0.05, 0) is 30.0 Å². The van der Waals surface area contributed by atoms with Gasteiger partial charge in [0.1, 0.15) is 11.6 Å². The van der Waals surface area contributed by atoms with Gasteiger partial charge in [-0.1, -0.05) is 43.0 Å². The Kier molecular flexibility index (Phi) is 7.02. The average molecular weight is 482 g/mol. The van der Waals surface area contributed by atoms with Crippen LogP contribution in [0.5, 0.6) is 5.75 Å². The molecule has 7 nitrogen and oxygen atoms in total. The molecular weight excluding hydrogens is 457 g/mol. The fourth-order valence-corrected chi connectivity index (χ4v) is 4.91. The minimum atomic E-state index is -0.804. The second kappa shape index (κ2) is 10.1. The molecule has 2 aromatic rings. The number of carbonyl (C=O) groups is 2. The van der Waals surface area contributed by atoms with Gasteiger partial charge in [-0.3, -0.25) is 4.79 Å². The van der Waals surface area contributed by atoms with E-state index in [4.69, 9.17) is 9.47 Å². The molecule has 9 heteroatoms. The first kappa shape index (κ1) is 23.6. The van der Waals surface area contributed by atoms with Crippen molar-refractivity contribution < 1.29 is 23.5 Å². The fraction of sp³-hybridized carbons (Fsp3) is 0.240. The molecule has 0 bridgehead atoms. The van der Waals surface area contributed by atoms with Crippen LogP contribution in [-0.4, -0.2) is 36.2 Å². The summed E-state index contributed by atoms with van der Waals surface area (Å²) in [6.07, 6.45) is 0.475. The number of anilines is 1. The summed E-state index contributed by atoms with van der Waals surface area (Å²) in [6, 6.07) is 12.5. The van der Waals surface area contributed by atoms with Crippen molar-refractivity contribution in [1.29, 1.82) is 0 Å². The Morgan fingerprint density at radius 3 is 2.68 bits per heavy atom. The fourth-order valence-electron chi connectivity index (χ4n) is 3.97. The number of allylic oxidation sites excluding steroid dienone is 1. The third kappa shape index (κ3) is 4.56. The van der Waals surface area contributed by atoms with Crippen LogP contribution in [0, 0.1) is 5.82 Å². The van der Waals surface area contributed by atoms with Crippen LogP contribution in [0.4, 0.5) is 10.1 Å². The highest BCUT2D eigenvalue weighted by molar-refractivity contribution is 8.16. The molecule has 34 heavy (non-hydrogen) atoms. The third-order valence-corrected chi connectivity index (χ3v) is 6.41. The zero-order valence-corrected chi connectivity index (χ0v) is 19.8. The molecule has 4 rings (SSSR count). The van der Waals surface area contributed by atoms with Crippen molar-refractivity contribution in [1.82, 2.24) is 4.90 Å². The van der Waals surface area contributed by atoms with Gasteiger partial charge < -0.3 is 19.7 Å². The zero-order chi connectivity index (χ0) is 24.2. The van der Waals surface area contributed by atoms with Crippen LogP contribution in [0.3, 0.4) is 0 Å². The lowest BCUT2D eigenvalue weighted by Gasteiger charge is -2.36. The maximum absolute atomic E-state index is 15.0. The number of esters is 1. The molecule has 176 valence electrons. The summed E-state index contributed by atoms with van der Waals surface area (Å²) in [6.45, 7) is 1.88. The summed E-state index contributed by atoms with van der Waals surface area (Å²) in [5.41, 5.74) is 2.31. The maximum atomic E-state index is 15.0. The number of methoxy groups -OCH3 is 2. The van der Waals surface area contributed by atoms with Crippen LogP contribution in [0.25, 0.3) is 0 Å². The minimum Gasteiger partial charge on any atom is -0.497 e. The molecule has 0 aliphatic carbocycles. The van der Waals surface area contributed by atoms with Crippen molar-refractivity contribution in [2.24, 2.45) is 4.99 Å². The van der Waals surface area contributed by atoms with Crippen LogP contribution in [0.2, 0.25) is 0 Å². The number of benzene rings is 2. The number of hydrogen-bond donors (Lipinski definition) is 1. The number of nitrogens with one attached hydrogen (secondary N) is 1. The molecule has 1 unspecified atom stereocenters. The summed E-state index contributed by atoms with van der Waals surface area (Å²) in [5.74, 6) is -0.676. The van der Waals surface area contributed by atoms with Crippen LogP contribution in [-0.2, 0) is 14.3 Å². The van der Waals surface area contributed by atoms with Crippen LogP contribution in [0.1, 0.15) is 31.4 Å². The second-order valence-electron chi connectivity index (χ2n) is 7.58. The zero-order valence-electron chi connectivity index (χ0n) is 19.0. The van der Waals surface area contributed by atoms with E-state index >= 15 is 0 Å². The van der Waals surface area contributed by atoms with Gasteiger partial charge in [-0.25, -0.2) is 14.2 Å². The SMILES string of the molecule is CCC1=C(C(=O)OC)C(c2ccccc2F)N2C(CC(=O)Nc3cccc(OC)c3)=CSC2=N1. The highest BCUT2D eigenvalue weighted by Gasteiger charge is 2.42. The highest BCUT2D eigenvalue weighted by atomic mass is 32.2. The number of hydrogen-bond acceptors (Lipinski definition) is 7. The molecule has 0 spiro atoms. The Morgan fingerprint density at radius 2 is 1.97 bits per heavy atom. The number of amides is 1. The molecule has 2 heterocycles. The maximum Gasteiger partial charge on any atom is 0.338 e. The summed E-state index contributed by atoms with van der Waals surface area (Å²) in [5, 5.41) is 5.25. The number of ether oxygens (including phenoxy) is 2. The first-order valence-electron chi connectivity index (χ1n) is 10.7. The van der Waals surface area contributed by atoms with Crippen molar-refractivity contribution in [2.75, 3.05) is 19.5 Å². The molecule has 0 aromatic heterocycles. The number of thioether (sulfide) groups is 1. The normalized spacial score (nSPS) is 17.1. The van der Waals surface area contributed by atoms with E-state index in [0.717, 1.165) is 0 Å². The van der Waals surface area contributed by atoms with Gasteiger partial charge in [0.25, 0.3) is 0 Å². The monoisotopic (exact) mass is 481 g/mol. The molecular formula is C25H24FN3O4S. The number of rotatable bonds is 7. The van der Waals surface area contributed by atoms with E-state index < -0.39 is 17.8 Å². The van der Waals surface area contributed by atoms with E-state index in [9.17, 15) is 14.0 Å². The standard InChI is InChI=1S/C25H24FN3O4S/c1-4-20-22(24(31)33-3)23(18-10-5-6-11-19(18)26)29-16(14-34-25(29)28-20)13-21(30)27-15-8-7-9-17(12-15)32-2/h5-12,14,23H,4,13H2,1-3H3,(H,27,30).